The molecular formula is C10H15N3. The van der Waals surface area contributed by atoms with E-state index in [0.717, 1.165) is 24.3 Å². The first-order valence-corrected chi connectivity index (χ1v) is 4.31. The van der Waals surface area contributed by atoms with Gasteiger partial charge in [-0.2, -0.15) is 0 Å². The second kappa shape index (κ2) is 4.50. The third-order valence-corrected chi connectivity index (χ3v) is 1.74. The minimum Gasteiger partial charge on any atom is -0.397 e. The first kappa shape index (κ1) is 9.58. The molecule has 13 heavy (non-hydrogen) atoms. The zero-order chi connectivity index (χ0) is 9.68. The molecule has 3 N–H and O–H groups in total. The number of aromatic nitrogens is 1. The van der Waals surface area contributed by atoms with E-state index in [0.29, 0.717) is 5.69 Å². The van der Waals surface area contributed by atoms with Gasteiger partial charge in [0.2, 0.25) is 0 Å². The molecule has 0 aliphatic heterocycles. The summed E-state index contributed by atoms with van der Waals surface area (Å²) in [6, 6.07) is 1.91. The van der Waals surface area contributed by atoms with Gasteiger partial charge in [0.1, 0.15) is 5.82 Å². The Kier molecular flexibility index (Phi) is 3.31. The maximum atomic E-state index is 5.58. The van der Waals surface area contributed by atoms with Gasteiger partial charge in [0.05, 0.1) is 11.9 Å². The van der Waals surface area contributed by atoms with Crippen molar-refractivity contribution in [1.29, 1.82) is 0 Å². The molecule has 0 saturated heterocycles. The molecule has 0 unspecified atom stereocenters. The number of aryl methyl sites for hydroxylation is 1. The van der Waals surface area contributed by atoms with Gasteiger partial charge < -0.3 is 11.1 Å². The summed E-state index contributed by atoms with van der Waals surface area (Å²) in [5.41, 5.74) is 7.35. The Labute approximate surface area is 78.7 Å². The van der Waals surface area contributed by atoms with E-state index in [-0.39, 0.29) is 0 Å². The fourth-order valence-electron chi connectivity index (χ4n) is 1.07. The van der Waals surface area contributed by atoms with E-state index >= 15 is 0 Å². The van der Waals surface area contributed by atoms with Crippen molar-refractivity contribution < 1.29 is 0 Å². The third-order valence-electron chi connectivity index (χ3n) is 1.74. The van der Waals surface area contributed by atoms with Gasteiger partial charge in [-0.1, -0.05) is 6.08 Å². The van der Waals surface area contributed by atoms with Crippen LogP contribution >= 0.6 is 0 Å². The maximum Gasteiger partial charge on any atom is 0.129 e. The van der Waals surface area contributed by atoms with Crippen molar-refractivity contribution in [2.24, 2.45) is 0 Å². The van der Waals surface area contributed by atoms with E-state index in [4.69, 9.17) is 5.73 Å². The number of nitrogen functional groups attached to an aromatic ring is 1. The average Bonchev–Trinajstić information content (AvgIpc) is 2.09. The number of pyridine rings is 1. The Bertz CT molecular complexity index is 294. The lowest BCUT2D eigenvalue weighted by molar-refractivity contribution is 1.04. The summed E-state index contributed by atoms with van der Waals surface area (Å²) in [5, 5.41) is 3.20. The van der Waals surface area contributed by atoms with E-state index < -0.39 is 0 Å². The lowest BCUT2D eigenvalue weighted by Gasteiger charge is -2.07. The van der Waals surface area contributed by atoms with Crippen LogP contribution in [-0.2, 0) is 0 Å². The second-order valence-corrected chi connectivity index (χ2v) is 2.94. The highest BCUT2D eigenvalue weighted by Crippen LogP contribution is 2.13. The molecule has 70 valence electrons. The van der Waals surface area contributed by atoms with Gasteiger partial charge in [-0.3, -0.25) is 0 Å². The van der Waals surface area contributed by atoms with Crippen LogP contribution in [0, 0.1) is 6.92 Å². The second-order valence-electron chi connectivity index (χ2n) is 2.94. The molecule has 0 bridgehead atoms. The molecule has 0 fully saturated rings. The van der Waals surface area contributed by atoms with Crippen LogP contribution in [0.15, 0.2) is 24.9 Å². The number of anilines is 2. The van der Waals surface area contributed by atoms with E-state index in [9.17, 15) is 0 Å². The van der Waals surface area contributed by atoms with Gasteiger partial charge in [0.15, 0.2) is 0 Å². The highest BCUT2D eigenvalue weighted by Gasteiger charge is 1.97. The highest BCUT2D eigenvalue weighted by atomic mass is 15.0. The van der Waals surface area contributed by atoms with Crippen LogP contribution in [0.5, 0.6) is 0 Å². The Balaban J connectivity index is 2.61. The van der Waals surface area contributed by atoms with Crippen molar-refractivity contribution in [2.75, 3.05) is 17.6 Å². The molecular weight excluding hydrogens is 162 g/mol. The normalized spacial score (nSPS) is 9.62. The first-order chi connectivity index (χ1) is 6.24. The van der Waals surface area contributed by atoms with Crippen LogP contribution in [0.25, 0.3) is 0 Å². The van der Waals surface area contributed by atoms with Gasteiger partial charge in [-0.15, -0.1) is 6.58 Å². The van der Waals surface area contributed by atoms with Crippen molar-refractivity contribution in [3.63, 3.8) is 0 Å². The number of rotatable bonds is 4. The summed E-state index contributed by atoms with van der Waals surface area (Å²) in [5.74, 6) is 0.899. The molecule has 1 heterocycles. The summed E-state index contributed by atoms with van der Waals surface area (Å²) in [7, 11) is 0. The number of hydrogen-bond donors (Lipinski definition) is 2. The molecule has 0 aliphatic rings. The molecule has 0 saturated carbocycles. The Morgan fingerprint density at radius 1 is 1.69 bits per heavy atom. The van der Waals surface area contributed by atoms with Gasteiger partial charge in [0, 0.05) is 6.54 Å². The lowest BCUT2D eigenvalue weighted by Crippen LogP contribution is -2.04. The van der Waals surface area contributed by atoms with E-state index in [1.54, 1.807) is 6.20 Å². The van der Waals surface area contributed by atoms with Crippen LogP contribution in [0.3, 0.4) is 0 Å². The smallest absolute Gasteiger partial charge is 0.129 e. The standard InChI is InChI=1S/C10H15N3/c1-3-4-5-12-10-8(2)6-9(11)7-13-10/h3,6-7H,1,4-5,11H2,2H3,(H,12,13). The number of nitrogens with one attached hydrogen (secondary N) is 1. The minimum absolute atomic E-state index is 0.701. The lowest BCUT2D eigenvalue weighted by atomic mass is 10.2. The monoisotopic (exact) mass is 177 g/mol. The summed E-state index contributed by atoms with van der Waals surface area (Å²) in [6.45, 7) is 6.50. The summed E-state index contributed by atoms with van der Waals surface area (Å²) < 4.78 is 0. The van der Waals surface area contributed by atoms with E-state index in [1.807, 2.05) is 19.1 Å². The Morgan fingerprint density at radius 3 is 3.08 bits per heavy atom. The summed E-state index contributed by atoms with van der Waals surface area (Å²) in [4.78, 5) is 4.18. The van der Waals surface area contributed by atoms with Gasteiger partial charge in [-0.05, 0) is 25.0 Å². The van der Waals surface area contributed by atoms with Crippen molar-refractivity contribution in [2.45, 2.75) is 13.3 Å². The maximum absolute atomic E-state index is 5.58. The predicted molar refractivity (Wildman–Crippen MR) is 56.7 cm³/mol. The average molecular weight is 177 g/mol. The SMILES string of the molecule is C=CCCNc1ncc(N)cc1C. The fraction of sp³-hybridized carbons (Fsp3) is 0.300. The highest BCUT2D eigenvalue weighted by molar-refractivity contribution is 5.50. The Hall–Kier alpha value is -1.51. The third kappa shape index (κ3) is 2.78. The number of hydrogen-bond acceptors (Lipinski definition) is 3. The molecule has 0 radical (unpaired) electrons. The molecule has 1 aromatic rings. The molecule has 0 spiro atoms. The molecule has 1 aromatic heterocycles. The van der Waals surface area contributed by atoms with Crippen molar-refractivity contribution in [3.8, 4) is 0 Å². The van der Waals surface area contributed by atoms with E-state index in [1.165, 1.54) is 0 Å². The Morgan fingerprint density at radius 2 is 2.46 bits per heavy atom. The quantitative estimate of drug-likeness (QED) is 0.546. The van der Waals surface area contributed by atoms with Gasteiger partial charge in [-0.25, -0.2) is 4.98 Å². The van der Waals surface area contributed by atoms with Gasteiger partial charge in [0.25, 0.3) is 0 Å². The van der Waals surface area contributed by atoms with Crippen molar-refractivity contribution in [1.82, 2.24) is 4.98 Å². The van der Waals surface area contributed by atoms with Crippen molar-refractivity contribution in [3.05, 3.63) is 30.5 Å². The molecule has 3 nitrogen and oxygen atoms in total. The first-order valence-electron chi connectivity index (χ1n) is 4.31. The van der Waals surface area contributed by atoms with E-state index in [2.05, 4.69) is 16.9 Å². The van der Waals surface area contributed by atoms with Crippen LogP contribution in [0.4, 0.5) is 11.5 Å². The van der Waals surface area contributed by atoms with Crippen LogP contribution in [0.2, 0.25) is 0 Å². The van der Waals surface area contributed by atoms with Crippen LogP contribution in [0.1, 0.15) is 12.0 Å². The fourth-order valence-corrected chi connectivity index (χ4v) is 1.07. The minimum atomic E-state index is 0.701. The molecule has 0 aromatic carbocycles. The summed E-state index contributed by atoms with van der Waals surface area (Å²) in [6.07, 6.45) is 4.47. The molecule has 3 heteroatoms. The molecule has 0 atom stereocenters. The predicted octanol–water partition coefficient (Wildman–Crippen LogP) is 1.96. The molecule has 0 amide bonds. The van der Waals surface area contributed by atoms with Gasteiger partial charge >= 0.3 is 0 Å². The topological polar surface area (TPSA) is 50.9 Å². The molecule has 0 aliphatic carbocycles. The number of nitrogens with two attached hydrogens (primary N) is 1. The van der Waals surface area contributed by atoms with Crippen LogP contribution in [-0.4, -0.2) is 11.5 Å². The zero-order valence-corrected chi connectivity index (χ0v) is 7.88. The number of nitrogens with zero attached hydrogens (tertiary/aromatic N) is 1. The summed E-state index contributed by atoms with van der Waals surface area (Å²) >= 11 is 0. The largest absolute Gasteiger partial charge is 0.397 e. The zero-order valence-electron chi connectivity index (χ0n) is 7.88. The van der Waals surface area contributed by atoms with Crippen LogP contribution < -0.4 is 11.1 Å². The van der Waals surface area contributed by atoms with Crippen molar-refractivity contribution >= 4 is 11.5 Å². The molecule has 1 rings (SSSR count).